The summed E-state index contributed by atoms with van der Waals surface area (Å²) in [4.78, 5) is 11.6. The molecule has 33 heavy (non-hydrogen) atoms. The summed E-state index contributed by atoms with van der Waals surface area (Å²) < 4.78 is 7.66. The number of imidazole rings is 1. The molecule has 3 atom stereocenters. The largest absolute Gasteiger partial charge is 0.394 e. The van der Waals surface area contributed by atoms with Crippen LogP contribution in [0, 0.1) is 0 Å². The van der Waals surface area contributed by atoms with Gasteiger partial charge in [0.15, 0.2) is 5.65 Å². The summed E-state index contributed by atoms with van der Waals surface area (Å²) in [5, 5.41) is 22.0. The van der Waals surface area contributed by atoms with E-state index in [1.54, 1.807) is 23.9 Å². The molecule has 3 aromatic heterocycles. The number of pyridine rings is 1. The molecule has 6 rings (SSSR count). The second-order valence-electron chi connectivity index (χ2n) is 8.42. The highest BCUT2D eigenvalue weighted by molar-refractivity contribution is 7.15. The van der Waals surface area contributed by atoms with Crippen molar-refractivity contribution in [3.05, 3.63) is 83.6 Å². The lowest BCUT2D eigenvalue weighted by molar-refractivity contribution is -0.0432. The second kappa shape index (κ2) is 8.35. The Morgan fingerprint density at radius 1 is 1.03 bits per heavy atom. The van der Waals surface area contributed by atoms with Gasteiger partial charge in [0.2, 0.25) is 0 Å². The van der Waals surface area contributed by atoms with Gasteiger partial charge in [-0.2, -0.15) is 0 Å². The van der Waals surface area contributed by atoms with Crippen LogP contribution in [-0.2, 0) is 11.2 Å². The number of rotatable bonds is 5. The number of hydrogen-bond acceptors (Lipinski definition) is 6. The van der Waals surface area contributed by atoms with Gasteiger partial charge >= 0.3 is 0 Å². The number of aromatic nitrogens is 3. The molecular weight excluding hydrogens is 434 g/mol. The summed E-state index contributed by atoms with van der Waals surface area (Å²) in [5.41, 5.74) is 3.85. The average Bonchev–Trinajstić information content (AvgIpc) is 3.57. The highest BCUT2D eigenvalue weighted by Gasteiger charge is 2.35. The first kappa shape index (κ1) is 20.5. The van der Waals surface area contributed by atoms with Crippen LogP contribution in [0.5, 0.6) is 0 Å². The van der Waals surface area contributed by atoms with Gasteiger partial charge in [0.25, 0.3) is 0 Å². The molecule has 0 saturated carbocycles. The molecule has 1 saturated heterocycles. The van der Waals surface area contributed by atoms with Crippen LogP contribution in [0.25, 0.3) is 32.4 Å². The fourth-order valence-corrected chi connectivity index (χ4v) is 5.63. The van der Waals surface area contributed by atoms with E-state index in [4.69, 9.17) is 4.74 Å². The third kappa shape index (κ3) is 3.73. The first-order chi connectivity index (χ1) is 16.2. The molecule has 0 spiro atoms. The number of aliphatic hydroxyl groups is 2. The molecule has 4 heterocycles. The van der Waals surface area contributed by atoms with Gasteiger partial charge < -0.3 is 14.9 Å². The molecule has 7 heteroatoms. The minimum Gasteiger partial charge on any atom is -0.394 e. The Morgan fingerprint density at radius 2 is 1.91 bits per heavy atom. The molecule has 0 radical (unpaired) electrons. The molecule has 5 aromatic rings. The van der Waals surface area contributed by atoms with E-state index < -0.39 is 18.4 Å². The van der Waals surface area contributed by atoms with Crippen molar-refractivity contribution in [1.82, 2.24) is 14.5 Å². The molecule has 1 fully saturated rings. The Hall–Kier alpha value is -3.10. The van der Waals surface area contributed by atoms with Gasteiger partial charge in [0.05, 0.1) is 19.0 Å². The van der Waals surface area contributed by atoms with E-state index in [-0.39, 0.29) is 6.61 Å². The number of aliphatic hydroxyl groups excluding tert-OH is 2. The zero-order valence-corrected chi connectivity index (χ0v) is 18.7. The predicted molar refractivity (Wildman–Crippen MR) is 129 cm³/mol. The van der Waals surface area contributed by atoms with E-state index >= 15 is 0 Å². The van der Waals surface area contributed by atoms with Crippen LogP contribution in [0.1, 0.15) is 23.1 Å². The van der Waals surface area contributed by atoms with Gasteiger partial charge in [0, 0.05) is 34.4 Å². The van der Waals surface area contributed by atoms with Crippen molar-refractivity contribution in [1.29, 1.82) is 0 Å². The van der Waals surface area contributed by atoms with Crippen LogP contribution in [0.3, 0.4) is 0 Å². The van der Waals surface area contributed by atoms with Crippen LogP contribution in [-0.4, -0.2) is 43.6 Å². The summed E-state index contributed by atoms with van der Waals surface area (Å²) in [6.07, 6.45) is 3.11. The Kier molecular flexibility index (Phi) is 5.19. The van der Waals surface area contributed by atoms with Crippen LogP contribution < -0.4 is 0 Å². The molecule has 1 aliphatic rings. The van der Waals surface area contributed by atoms with E-state index in [9.17, 15) is 10.2 Å². The van der Waals surface area contributed by atoms with E-state index in [0.717, 1.165) is 22.4 Å². The zero-order valence-electron chi connectivity index (χ0n) is 17.8. The Labute approximate surface area is 194 Å². The number of hydrogen-bond donors (Lipinski definition) is 2. The summed E-state index contributed by atoms with van der Waals surface area (Å²) in [6.45, 7) is -0.210. The van der Waals surface area contributed by atoms with Crippen molar-refractivity contribution in [3.63, 3.8) is 0 Å². The van der Waals surface area contributed by atoms with E-state index in [1.807, 2.05) is 10.6 Å². The summed E-state index contributed by atoms with van der Waals surface area (Å²) in [6, 6.07) is 21.4. The van der Waals surface area contributed by atoms with Crippen LogP contribution >= 0.6 is 11.3 Å². The number of fused-ring (bicyclic) bond motifs is 2. The predicted octanol–water partition coefficient (Wildman–Crippen LogP) is 4.54. The van der Waals surface area contributed by atoms with E-state index in [0.29, 0.717) is 12.1 Å². The van der Waals surface area contributed by atoms with Crippen molar-refractivity contribution >= 4 is 33.3 Å². The van der Waals surface area contributed by atoms with E-state index in [2.05, 4.69) is 64.6 Å². The summed E-state index contributed by atoms with van der Waals surface area (Å²) in [7, 11) is 0. The van der Waals surface area contributed by atoms with Crippen molar-refractivity contribution in [3.8, 4) is 10.4 Å². The monoisotopic (exact) mass is 457 g/mol. The number of ether oxygens (including phenoxy) is 1. The van der Waals surface area contributed by atoms with Crippen LogP contribution in [0.4, 0.5) is 0 Å². The zero-order chi connectivity index (χ0) is 22.4. The van der Waals surface area contributed by atoms with Gasteiger partial charge in [-0.15, -0.1) is 11.3 Å². The Bertz CT molecular complexity index is 1440. The first-order valence-corrected chi connectivity index (χ1v) is 11.8. The first-order valence-electron chi connectivity index (χ1n) is 11.0. The molecule has 2 aromatic carbocycles. The van der Waals surface area contributed by atoms with Crippen molar-refractivity contribution in [2.45, 2.75) is 31.3 Å². The topological polar surface area (TPSA) is 80.4 Å². The number of thiophene rings is 1. The average molecular weight is 458 g/mol. The molecule has 2 N–H and O–H groups in total. The van der Waals surface area contributed by atoms with Gasteiger partial charge in [-0.3, -0.25) is 4.57 Å². The normalized spacial score (nSPS) is 20.7. The van der Waals surface area contributed by atoms with Gasteiger partial charge in [-0.1, -0.05) is 42.5 Å². The lowest BCUT2D eigenvalue weighted by atomic mass is 10.0. The highest BCUT2D eigenvalue weighted by atomic mass is 32.1. The maximum atomic E-state index is 10.1. The van der Waals surface area contributed by atoms with Crippen molar-refractivity contribution in [2.75, 3.05) is 6.61 Å². The second-order valence-corrected chi connectivity index (χ2v) is 9.59. The van der Waals surface area contributed by atoms with Gasteiger partial charge in [-0.25, -0.2) is 9.97 Å². The Morgan fingerprint density at radius 3 is 2.76 bits per heavy atom. The standard InChI is InChI=1S/C26H23N3O3S/c30-14-22-21(31)13-24(32-22)29-15-28-25-20(9-10-27-26(25)29)23-8-7-19(33-23)12-16-5-6-17-3-1-2-4-18(17)11-16/h1-11,15,21-22,24,30-31H,12-14H2/t21-,22-,24-/m1/s1. The molecule has 1 aliphatic heterocycles. The lowest BCUT2D eigenvalue weighted by Gasteiger charge is -2.13. The van der Waals surface area contributed by atoms with Crippen molar-refractivity contribution < 1.29 is 14.9 Å². The fourth-order valence-electron chi connectivity index (χ4n) is 4.56. The van der Waals surface area contributed by atoms with Crippen LogP contribution in [0.2, 0.25) is 0 Å². The van der Waals surface area contributed by atoms with Crippen LogP contribution in [0.15, 0.2) is 73.2 Å². The molecule has 0 amide bonds. The van der Waals surface area contributed by atoms with Crippen molar-refractivity contribution in [2.24, 2.45) is 0 Å². The third-order valence-electron chi connectivity index (χ3n) is 6.27. The maximum Gasteiger partial charge on any atom is 0.162 e. The molecular formula is C26H23N3O3S. The molecule has 0 unspecified atom stereocenters. The lowest BCUT2D eigenvalue weighted by Crippen LogP contribution is -2.24. The quantitative estimate of drug-likeness (QED) is 0.405. The SMILES string of the molecule is OC[C@H]1O[C@@H](n2cnc3c(-c4ccc(Cc5ccc6ccccc6c5)s4)ccnc32)C[C@H]1O. The molecule has 166 valence electrons. The third-order valence-corrected chi connectivity index (χ3v) is 7.39. The number of benzene rings is 2. The number of nitrogens with zero attached hydrogens (tertiary/aromatic N) is 3. The maximum absolute atomic E-state index is 10.1. The smallest absolute Gasteiger partial charge is 0.162 e. The molecule has 6 nitrogen and oxygen atoms in total. The molecule has 0 aliphatic carbocycles. The summed E-state index contributed by atoms with van der Waals surface area (Å²) >= 11 is 1.77. The van der Waals surface area contributed by atoms with Gasteiger partial charge in [-0.05, 0) is 34.5 Å². The summed E-state index contributed by atoms with van der Waals surface area (Å²) in [5.74, 6) is 0. The minimum absolute atomic E-state index is 0.210. The molecule has 0 bridgehead atoms. The fraction of sp³-hybridized carbons (Fsp3) is 0.231. The van der Waals surface area contributed by atoms with Gasteiger partial charge in [0.1, 0.15) is 17.8 Å². The van der Waals surface area contributed by atoms with E-state index in [1.165, 1.54) is 21.2 Å². The highest BCUT2D eigenvalue weighted by Crippen LogP contribution is 2.36. The minimum atomic E-state index is -0.699. The Balaban J connectivity index is 1.29.